The van der Waals surface area contributed by atoms with Crippen molar-refractivity contribution in [3.8, 4) is 16.2 Å². The second-order valence-corrected chi connectivity index (χ2v) is 7.63. The Labute approximate surface area is 172 Å². The molecule has 0 atom stereocenters. The van der Waals surface area contributed by atoms with Gasteiger partial charge in [0.15, 0.2) is 0 Å². The molecule has 0 bridgehead atoms. The molecule has 7 heteroatoms. The minimum absolute atomic E-state index is 0.0426. The van der Waals surface area contributed by atoms with E-state index >= 15 is 0 Å². The molecule has 1 heterocycles. The van der Waals surface area contributed by atoms with Crippen LogP contribution in [0.5, 0.6) is 5.75 Å². The number of amides is 2. The number of likely N-dealkylation sites (N-methyl/N-ethyl adjacent to an activating group) is 1. The van der Waals surface area contributed by atoms with Gasteiger partial charge in [-0.25, -0.2) is 0 Å². The van der Waals surface area contributed by atoms with E-state index in [2.05, 4.69) is 5.32 Å². The van der Waals surface area contributed by atoms with Crippen molar-refractivity contribution in [3.05, 3.63) is 70.6 Å². The monoisotopic (exact) mass is 414 g/mol. The van der Waals surface area contributed by atoms with E-state index in [1.165, 1.54) is 16.2 Å². The first-order valence-electron chi connectivity index (χ1n) is 8.51. The molecule has 1 aromatic heterocycles. The molecule has 2 amide bonds. The van der Waals surface area contributed by atoms with Crippen molar-refractivity contribution in [2.24, 2.45) is 0 Å². The summed E-state index contributed by atoms with van der Waals surface area (Å²) in [6.07, 6.45) is 0. The van der Waals surface area contributed by atoms with Gasteiger partial charge in [0.25, 0.3) is 5.91 Å². The second-order valence-electron chi connectivity index (χ2n) is 6.11. The average Bonchev–Trinajstić information content (AvgIpc) is 3.18. The first-order valence-corrected chi connectivity index (χ1v) is 9.71. The lowest BCUT2D eigenvalue weighted by atomic mass is 10.2. The van der Waals surface area contributed by atoms with Gasteiger partial charge in [-0.2, -0.15) is 0 Å². The third-order valence-corrected chi connectivity index (χ3v) is 5.42. The van der Waals surface area contributed by atoms with Gasteiger partial charge in [0, 0.05) is 22.6 Å². The highest BCUT2D eigenvalue weighted by Crippen LogP contribution is 2.29. The third-order valence-electron chi connectivity index (χ3n) is 4.05. The van der Waals surface area contributed by atoms with Crippen molar-refractivity contribution in [3.63, 3.8) is 0 Å². The maximum absolute atomic E-state index is 12.6. The lowest BCUT2D eigenvalue weighted by molar-refractivity contribution is -0.116. The van der Waals surface area contributed by atoms with E-state index in [9.17, 15) is 9.59 Å². The van der Waals surface area contributed by atoms with Crippen LogP contribution >= 0.6 is 22.9 Å². The summed E-state index contributed by atoms with van der Waals surface area (Å²) in [6, 6.07) is 18.1. The number of anilines is 1. The average molecular weight is 415 g/mol. The molecule has 0 aliphatic rings. The molecule has 1 N–H and O–H groups in total. The first kappa shape index (κ1) is 19.9. The van der Waals surface area contributed by atoms with Gasteiger partial charge in [-0.15, -0.1) is 11.3 Å². The summed E-state index contributed by atoms with van der Waals surface area (Å²) in [4.78, 5) is 27.8. The Kier molecular flexibility index (Phi) is 6.34. The van der Waals surface area contributed by atoms with E-state index in [0.717, 1.165) is 10.4 Å². The summed E-state index contributed by atoms with van der Waals surface area (Å²) in [6.45, 7) is -0.0426. The zero-order valence-electron chi connectivity index (χ0n) is 15.4. The number of nitrogens with one attached hydrogen (secondary N) is 1. The molecule has 0 spiro atoms. The maximum Gasteiger partial charge on any atom is 0.264 e. The Hall–Kier alpha value is -2.83. The Morgan fingerprint density at radius 1 is 1.04 bits per heavy atom. The van der Waals surface area contributed by atoms with E-state index in [1.807, 2.05) is 30.3 Å². The third kappa shape index (κ3) is 4.91. The van der Waals surface area contributed by atoms with Crippen LogP contribution in [0, 0.1) is 0 Å². The van der Waals surface area contributed by atoms with E-state index in [-0.39, 0.29) is 18.4 Å². The maximum atomic E-state index is 12.6. The number of benzene rings is 2. The van der Waals surface area contributed by atoms with Crippen LogP contribution in [0.1, 0.15) is 9.67 Å². The summed E-state index contributed by atoms with van der Waals surface area (Å²) < 4.78 is 5.09. The van der Waals surface area contributed by atoms with E-state index in [1.54, 1.807) is 44.5 Å². The van der Waals surface area contributed by atoms with E-state index < -0.39 is 0 Å². The number of hydrogen-bond acceptors (Lipinski definition) is 4. The zero-order chi connectivity index (χ0) is 20.1. The second kappa shape index (κ2) is 8.91. The predicted molar refractivity (Wildman–Crippen MR) is 113 cm³/mol. The molecule has 3 rings (SSSR count). The molecular weight excluding hydrogens is 396 g/mol. The number of rotatable bonds is 6. The molecule has 144 valence electrons. The molecule has 0 aliphatic heterocycles. The highest BCUT2D eigenvalue weighted by atomic mass is 35.5. The Bertz CT molecular complexity index is 968. The summed E-state index contributed by atoms with van der Waals surface area (Å²) >= 11 is 7.30. The van der Waals surface area contributed by atoms with Gasteiger partial charge in [0.1, 0.15) is 5.75 Å². The molecular formula is C21H19ClN2O3S. The van der Waals surface area contributed by atoms with Crippen molar-refractivity contribution >= 4 is 40.4 Å². The number of carbonyl (C=O) groups is 2. The van der Waals surface area contributed by atoms with Crippen LogP contribution in [0.4, 0.5) is 5.69 Å². The molecule has 0 fully saturated rings. The van der Waals surface area contributed by atoms with E-state index in [4.69, 9.17) is 16.3 Å². The van der Waals surface area contributed by atoms with Crippen LogP contribution in [0.25, 0.3) is 10.4 Å². The molecule has 0 saturated carbocycles. The number of hydrogen-bond donors (Lipinski definition) is 1. The van der Waals surface area contributed by atoms with Crippen molar-refractivity contribution in [1.29, 1.82) is 0 Å². The fourth-order valence-corrected chi connectivity index (χ4v) is 3.70. The SMILES string of the molecule is COc1ccc(NC(=O)CN(C)C(=O)c2ccc(-c3ccc(Cl)cc3)s2)cc1. The van der Waals surface area contributed by atoms with Gasteiger partial charge < -0.3 is 15.0 Å². The van der Waals surface area contributed by atoms with Gasteiger partial charge in [0.05, 0.1) is 18.5 Å². The number of nitrogens with zero attached hydrogens (tertiary/aromatic N) is 1. The van der Waals surface area contributed by atoms with Gasteiger partial charge in [-0.05, 0) is 54.1 Å². The highest BCUT2D eigenvalue weighted by Gasteiger charge is 2.17. The smallest absolute Gasteiger partial charge is 0.264 e. The molecule has 0 unspecified atom stereocenters. The van der Waals surface area contributed by atoms with Gasteiger partial charge in [-0.1, -0.05) is 23.7 Å². The molecule has 0 aliphatic carbocycles. The fourth-order valence-electron chi connectivity index (χ4n) is 2.57. The molecule has 3 aromatic rings. The van der Waals surface area contributed by atoms with Gasteiger partial charge in [-0.3, -0.25) is 9.59 Å². The predicted octanol–water partition coefficient (Wildman–Crippen LogP) is 4.79. The number of thiophene rings is 1. The minimum atomic E-state index is -0.268. The normalized spacial score (nSPS) is 10.4. The highest BCUT2D eigenvalue weighted by molar-refractivity contribution is 7.17. The Morgan fingerprint density at radius 3 is 2.36 bits per heavy atom. The van der Waals surface area contributed by atoms with Crippen molar-refractivity contribution < 1.29 is 14.3 Å². The van der Waals surface area contributed by atoms with Crippen molar-refractivity contribution in [2.75, 3.05) is 26.0 Å². The largest absolute Gasteiger partial charge is 0.497 e. The lowest BCUT2D eigenvalue weighted by Crippen LogP contribution is -2.34. The van der Waals surface area contributed by atoms with Crippen LogP contribution in [0.15, 0.2) is 60.7 Å². The van der Waals surface area contributed by atoms with Crippen LogP contribution in [-0.2, 0) is 4.79 Å². The molecule has 0 saturated heterocycles. The summed E-state index contributed by atoms with van der Waals surface area (Å²) in [5.41, 5.74) is 1.64. The summed E-state index contributed by atoms with van der Waals surface area (Å²) in [5, 5.41) is 3.44. The van der Waals surface area contributed by atoms with Gasteiger partial charge in [0.2, 0.25) is 5.91 Å². The van der Waals surface area contributed by atoms with Crippen molar-refractivity contribution in [2.45, 2.75) is 0 Å². The topological polar surface area (TPSA) is 58.6 Å². The summed E-state index contributed by atoms with van der Waals surface area (Å²) in [5.74, 6) is 0.241. The molecule has 0 radical (unpaired) electrons. The van der Waals surface area contributed by atoms with Crippen LogP contribution in [0.3, 0.4) is 0 Å². The number of ether oxygens (including phenoxy) is 1. The van der Waals surface area contributed by atoms with Gasteiger partial charge >= 0.3 is 0 Å². The van der Waals surface area contributed by atoms with Crippen LogP contribution < -0.4 is 10.1 Å². The Balaban J connectivity index is 1.60. The standard InChI is InChI=1S/C21H19ClN2O3S/c1-24(13-20(25)23-16-7-9-17(27-2)10-8-16)21(26)19-12-11-18(28-19)14-3-5-15(22)6-4-14/h3-12H,13H2,1-2H3,(H,23,25). The number of halogens is 1. The first-order chi connectivity index (χ1) is 13.5. The molecule has 2 aromatic carbocycles. The molecule has 5 nitrogen and oxygen atoms in total. The zero-order valence-corrected chi connectivity index (χ0v) is 17.0. The fraction of sp³-hybridized carbons (Fsp3) is 0.143. The number of methoxy groups -OCH3 is 1. The van der Waals surface area contributed by atoms with Crippen molar-refractivity contribution in [1.82, 2.24) is 4.90 Å². The summed E-state index contributed by atoms with van der Waals surface area (Å²) in [7, 11) is 3.19. The quantitative estimate of drug-likeness (QED) is 0.631. The Morgan fingerprint density at radius 2 is 1.71 bits per heavy atom. The van der Waals surface area contributed by atoms with Crippen LogP contribution in [-0.4, -0.2) is 37.4 Å². The molecule has 28 heavy (non-hydrogen) atoms. The van der Waals surface area contributed by atoms with Crippen LogP contribution in [0.2, 0.25) is 5.02 Å². The lowest BCUT2D eigenvalue weighted by Gasteiger charge is -2.16. The minimum Gasteiger partial charge on any atom is -0.497 e. The van der Waals surface area contributed by atoms with E-state index in [0.29, 0.717) is 21.3 Å². The number of carbonyl (C=O) groups excluding carboxylic acids is 2.